The van der Waals surface area contributed by atoms with Gasteiger partial charge in [0.2, 0.25) is 5.91 Å². The highest BCUT2D eigenvalue weighted by Gasteiger charge is 2.33. The maximum absolute atomic E-state index is 12.1. The molecule has 1 atom stereocenters. The maximum atomic E-state index is 12.1. The van der Waals surface area contributed by atoms with E-state index in [2.05, 4.69) is 0 Å². The molecule has 106 valence electrons. The molecule has 4 nitrogen and oxygen atoms in total. The Labute approximate surface area is 122 Å². The van der Waals surface area contributed by atoms with Crippen molar-refractivity contribution in [2.75, 3.05) is 5.75 Å². The lowest BCUT2D eigenvalue weighted by molar-refractivity contribution is -0.145. The Hall–Kier alpha value is -1.75. The van der Waals surface area contributed by atoms with E-state index in [1.165, 1.54) is 23.6 Å². The summed E-state index contributed by atoms with van der Waals surface area (Å²) in [4.78, 5) is 25.8. The van der Waals surface area contributed by atoms with Crippen molar-refractivity contribution in [1.29, 1.82) is 0 Å². The largest absolute Gasteiger partial charge is 0.480 e. The summed E-state index contributed by atoms with van der Waals surface area (Å²) in [5, 5.41) is 9.22. The van der Waals surface area contributed by atoms with E-state index in [1.54, 1.807) is 0 Å². The van der Waals surface area contributed by atoms with Crippen molar-refractivity contribution < 1.29 is 14.7 Å². The molecule has 5 heteroatoms. The topological polar surface area (TPSA) is 57.6 Å². The minimum absolute atomic E-state index is 0.161. The third-order valence-corrected chi connectivity index (χ3v) is 4.34. The van der Waals surface area contributed by atoms with Gasteiger partial charge in [0.05, 0.1) is 11.4 Å². The first-order chi connectivity index (χ1) is 9.41. The summed E-state index contributed by atoms with van der Waals surface area (Å²) in [5.41, 5.74) is 2.71. The van der Waals surface area contributed by atoms with E-state index < -0.39 is 12.0 Å². The maximum Gasteiger partial charge on any atom is 0.326 e. The Bertz CT molecular complexity index is 577. The van der Waals surface area contributed by atoms with Crippen LogP contribution in [0, 0.1) is 6.92 Å². The molecule has 1 heterocycles. The zero-order valence-corrected chi connectivity index (χ0v) is 12.5. The summed E-state index contributed by atoms with van der Waals surface area (Å²) >= 11 is 1.46. The molecule has 1 unspecified atom stereocenters. The normalized spacial score (nSPS) is 17.4. The first-order valence-electron chi connectivity index (χ1n) is 6.37. The van der Waals surface area contributed by atoms with E-state index in [1.807, 2.05) is 38.1 Å². The van der Waals surface area contributed by atoms with E-state index in [-0.39, 0.29) is 5.91 Å². The zero-order chi connectivity index (χ0) is 14.9. The van der Waals surface area contributed by atoms with Gasteiger partial charge >= 0.3 is 5.97 Å². The Morgan fingerprint density at radius 2 is 1.90 bits per heavy atom. The van der Waals surface area contributed by atoms with Crippen molar-refractivity contribution in [2.24, 2.45) is 0 Å². The van der Waals surface area contributed by atoms with E-state index in [0.29, 0.717) is 11.4 Å². The zero-order valence-electron chi connectivity index (χ0n) is 11.7. The number of allylic oxidation sites excluding steroid dienone is 1. The Kier molecular flexibility index (Phi) is 4.18. The van der Waals surface area contributed by atoms with Gasteiger partial charge in [-0.05, 0) is 26.3 Å². The molecule has 1 N–H and O–H groups in total. The second kappa shape index (κ2) is 5.71. The van der Waals surface area contributed by atoms with Crippen LogP contribution in [0.2, 0.25) is 0 Å². The van der Waals surface area contributed by atoms with Gasteiger partial charge in [0.1, 0.15) is 6.04 Å². The summed E-state index contributed by atoms with van der Waals surface area (Å²) in [6.07, 6.45) is 0. The first kappa shape index (κ1) is 14.7. The van der Waals surface area contributed by atoms with Gasteiger partial charge < -0.3 is 5.11 Å². The molecule has 0 fully saturated rings. The molecule has 1 aromatic rings. The summed E-state index contributed by atoms with van der Waals surface area (Å²) in [6, 6.07) is 6.91. The lowest BCUT2D eigenvalue weighted by Crippen LogP contribution is -2.44. The van der Waals surface area contributed by atoms with Crippen LogP contribution in [-0.2, 0) is 9.59 Å². The number of rotatable bonds is 3. The number of carboxylic acids is 1. The molecular weight excluding hydrogens is 274 g/mol. The van der Waals surface area contributed by atoms with Crippen molar-refractivity contribution in [3.63, 3.8) is 0 Å². The molecule has 2 rings (SSSR count). The van der Waals surface area contributed by atoms with E-state index >= 15 is 0 Å². The number of thioether (sulfide) groups is 1. The van der Waals surface area contributed by atoms with Crippen LogP contribution in [0.25, 0.3) is 5.70 Å². The molecule has 0 saturated heterocycles. The quantitative estimate of drug-likeness (QED) is 0.930. The third kappa shape index (κ3) is 2.72. The highest BCUT2D eigenvalue weighted by molar-refractivity contribution is 8.03. The molecule has 0 bridgehead atoms. The van der Waals surface area contributed by atoms with Crippen LogP contribution in [-0.4, -0.2) is 33.7 Å². The van der Waals surface area contributed by atoms with E-state index in [0.717, 1.165) is 16.0 Å². The number of carbonyl (C=O) groups excluding carboxylic acids is 1. The van der Waals surface area contributed by atoms with Crippen LogP contribution in [0.1, 0.15) is 25.0 Å². The molecule has 0 aromatic heterocycles. The fourth-order valence-electron chi connectivity index (χ4n) is 2.18. The standard InChI is InChI=1S/C15H17NO3S/c1-9-4-6-12(7-5-9)14-11(3)20-8-13(17)16(14)10(2)15(18)19/h4-7,10H,8H2,1-3H3,(H,18,19). The van der Waals surface area contributed by atoms with Gasteiger partial charge in [0, 0.05) is 4.91 Å². The Balaban J connectivity index is 2.51. The predicted octanol–water partition coefficient (Wildman–Crippen LogP) is 2.73. The fraction of sp³-hybridized carbons (Fsp3) is 0.333. The van der Waals surface area contributed by atoms with E-state index in [4.69, 9.17) is 0 Å². The van der Waals surface area contributed by atoms with Crippen LogP contribution in [0.3, 0.4) is 0 Å². The molecule has 0 spiro atoms. The number of aliphatic carboxylic acids is 1. The van der Waals surface area contributed by atoms with Crippen molar-refractivity contribution in [3.05, 3.63) is 40.3 Å². The number of hydrogen-bond acceptors (Lipinski definition) is 3. The smallest absolute Gasteiger partial charge is 0.326 e. The van der Waals surface area contributed by atoms with Gasteiger partial charge in [0.25, 0.3) is 0 Å². The SMILES string of the molecule is CC1=C(c2ccc(C)cc2)N(C(C)C(=O)O)C(=O)CS1. The lowest BCUT2D eigenvalue weighted by Gasteiger charge is -2.33. The minimum Gasteiger partial charge on any atom is -0.480 e. The number of nitrogens with zero attached hydrogens (tertiary/aromatic N) is 1. The molecule has 1 aliphatic heterocycles. The summed E-state index contributed by atoms with van der Waals surface area (Å²) in [7, 11) is 0. The number of aryl methyl sites for hydroxylation is 1. The van der Waals surface area contributed by atoms with Gasteiger partial charge in [0.15, 0.2) is 0 Å². The minimum atomic E-state index is -0.998. The molecule has 0 saturated carbocycles. The highest BCUT2D eigenvalue weighted by Crippen LogP contribution is 2.36. The average molecular weight is 291 g/mol. The molecule has 1 aliphatic rings. The summed E-state index contributed by atoms with van der Waals surface area (Å²) in [6.45, 7) is 5.45. The first-order valence-corrected chi connectivity index (χ1v) is 7.36. The Morgan fingerprint density at radius 3 is 2.45 bits per heavy atom. The average Bonchev–Trinajstić information content (AvgIpc) is 2.41. The van der Waals surface area contributed by atoms with Gasteiger partial charge in [-0.3, -0.25) is 9.69 Å². The number of amides is 1. The van der Waals surface area contributed by atoms with Gasteiger partial charge in [-0.15, -0.1) is 11.8 Å². The molecule has 1 aromatic carbocycles. The molecule has 0 aliphatic carbocycles. The monoisotopic (exact) mass is 291 g/mol. The van der Waals surface area contributed by atoms with Gasteiger partial charge in [-0.1, -0.05) is 29.8 Å². The van der Waals surface area contributed by atoms with Crippen LogP contribution in [0.4, 0.5) is 0 Å². The number of carbonyl (C=O) groups is 2. The number of hydrogen-bond donors (Lipinski definition) is 1. The van der Waals surface area contributed by atoms with Gasteiger partial charge in [-0.2, -0.15) is 0 Å². The summed E-state index contributed by atoms with van der Waals surface area (Å²) in [5.74, 6) is -0.868. The van der Waals surface area contributed by atoms with Crippen LogP contribution in [0.15, 0.2) is 29.2 Å². The van der Waals surface area contributed by atoms with Crippen LogP contribution < -0.4 is 0 Å². The Morgan fingerprint density at radius 1 is 1.30 bits per heavy atom. The van der Waals surface area contributed by atoms with Crippen LogP contribution in [0.5, 0.6) is 0 Å². The van der Waals surface area contributed by atoms with Crippen molar-refractivity contribution in [2.45, 2.75) is 26.8 Å². The van der Waals surface area contributed by atoms with Crippen molar-refractivity contribution in [3.8, 4) is 0 Å². The second-order valence-corrected chi connectivity index (χ2v) is 6.03. The predicted molar refractivity (Wildman–Crippen MR) is 80.2 cm³/mol. The van der Waals surface area contributed by atoms with Crippen molar-refractivity contribution in [1.82, 2.24) is 4.90 Å². The molecular formula is C15H17NO3S. The van der Waals surface area contributed by atoms with Gasteiger partial charge in [-0.25, -0.2) is 4.79 Å². The fourth-order valence-corrected chi connectivity index (χ4v) is 3.01. The third-order valence-electron chi connectivity index (χ3n) is 3.32. The molecule has 1 amide bonds. The number of carboxylic acid groups (broad SMARTS) is 1. The lowest BCUT2D eigenvalue weighted by atomic mass is 10.1. The second-order valence-electron chi connectivity index (χ2n) is 4.84. The molecule has 20 heavy (non-hydrogen) atoms. The van der Waals surface area contributed by atoms with Crippen molar-refractivity contribution >= 4 is 29.3 Å². The van der Waals surface area contributed by atoms with Crippen LogP contribution >= 0.6 is 11.8 Å². The molecule has 0 radical (unpaired) electrons. The highest BCUT2D eigenvalue weighted by atomic mass is 32.2. The summed E-state index contributed by atoms with van der Waals surface area (Å²) < 4.78 is 0. The number of benzene rings is 1. The van der Waals surface area contributed by atoms with E-state index in [9.17, 15) is 14.7 Å².